The third kappa shape index (κ3) is 3.28. The fourth-order valence-electron chi connectivity index (χ4n) is 1.60. The Hall–Kier alpha value is -2.05. The Balaban J connectivity index is 2.07. The molecule has 0 bridgehead atoms. The largest absolute Gasteiger partial charge is 0.316 e. The van der Waals surface area contributed by atoms with E-state index in [0.717, 1.165) is 11.1 Å². The van der Waals surface area contributed by atoms with Crippen molar-refractivity contribution in [3.05, 3.63) is 46.5 Å². The first-order valence-electron chi connectivity index (χ1n) is 6.07. The first-order valence-corrected chi connectivity index (χ1v) is 6.95. The van der Waals surface area contributed by atoms with Gasteiger partial charge in [0.05, 0.1) is 0 Å². The number of hydrogen-bond acceptors (Lipinski definition) is 5. The number of nitrogens with one attached hydrogen (secondary N) is 1. The minimum atomic E-state index is -0.764. The number of thiazole rings is 1. The normalized spacial score (nSPS) is 11.9. The number of rotatable bonds is 4. The molecule has 1 aromatic heterocycles. The fraction of sp³-hybridized carbons (Fsp3) is 0.214. The van der Waals surface area contributed by atoms with Crippen molar-refractivity contribution in [3.63, 3.8) is 0 Å². The lowest BCUT2D eigenvalue weighted by atomic mass is 10.1. The molecule has 2 aromatic rings. The lowest BCUT2D eigenvalue weighted by Gasteiger charge is -2.11. The quantitative estimate of drug-likeness (QED) is 0.846. The zero-order valence-corrected chi connectivity index (χ0v) is 12.0. The molecule has 104 valence electrons. The van der Waals surface area contributed by atoms with Crippen molar-refractivity contribution in [1.29, 1.82) is 0 Å². The first-order chi connectivity index (χ1) is 9.47. The molecule has 1 heterocycles. The minimum Gasteiger partial charge on any atom is -0.316 e. The Morgan fingerprint density at radius 2 is 1.95 bits per heavy atom. The number of aryl methyl sites for hydroxylation is 1. The van der Waals surface area contributed by atoms with E-state index in [1.165, 1.54) is 18.3 Å². The van der Waals surface area contributed by atoms with Gasteiger partial charge in [-0.05, 0) is 12.5 Å². The molecule has 0 saturated heterocycles. The first kappa shape index (κ1) is 14.4. The summed E-state index contributed by atoms with van der Waals surface area (Å²) in [4.78, 5) is 27.2. The molecule has 0 aliphatic carbocycles. The maximum atomic E-state index is 12.0. The topological polar surface area (TPSA) is 85.1 Å². The fourth-order valence-corrected chi connectivity index (χ4v) is 2.35. The Labute approximate surface area is 120 Å². The van der Waals surface area contributed by atoms with Crippen LogP contribution in [0.25, 0.3) is 0 Å². The van der Waals surface area contributed by atoms with Crippen LogP contribution in [-0.2, 0) is 4.79 Å². The second-order valence-corrected chi connectivity index (χ2v) is 5.33. The van der Waals surface area contributed by atoms with Crippen LogP contribution in [0.2, 0.25) is 0 Å². The molecule has 3 N–H and O–H groups in total. The lowest BCUT2D eigenvalue weighted by Crippen LogP contribution is -2.27. The molecule has 1 amide bonds. The van der Waals surface area contributed by atoms with Crippen LogP contribution in [-0.4, -0.2) is 16.7 Å². The zero-order valence-electron chi connectivity index (χ0n) is 11.2. The molecule has 0 aliphatic rings. The number of amides is 1. The lowest BCUT2D eigenvalue weighted by molar-refractivity contribution is -0.117. The van der Waals surface area contributed by atoms with Crippen molar-refractivity contribution in [2.45, 2.75) is 19.9 Å². The van der Waals surface area contributed by atoms with Gasteiger partial charge in [0.2, 0.25) is 5.91 Å². The van der Waals surface area contributed by atoms with E-state index in [9.17, 15) is 9.59 Å². The number of benzene rings is 1. The van der Waals surface area contributed by atoms with E-state index < -0.39 is 6.04 Å². The van der Waals surface area contributed by atoms with Gasteiger partial charge >= 0.3 is 0 Å². The number of Topliss-reactive ketones (excluding diaryl/α,β-unsaturated/α-hetero) is 1. The number of aromatic nitrogens is 1. The second kappa shape index (κ2) is 5.94. The van der Waals surface area contributed by atoms with Crippen molar-refractivity contribution in [2.24, 2.45) is 5.73 Å². The van der Waals surface area contributed by atoms with E-state index in [-0.39, 0.29) is 11.7 Å². The molecule has 0 spiro atoms. The van der Waals surface area contributed by atoms with Crippen molar-refractivity contribution in [1.82, 2.24) is 4.98 Å². The highest BCUT2D eigenvalue weighted by molar-refractivity contribution is 7.14. The summed E-state index contributed by atoms with van der Waals surface area (Å²) in [5.74, 6) is -0.483. The Kier molecular flexibility index (Phi) is 4.26. The predicted molar refractivity (Wildman–Crippen MR) is 78.9 cm³/mol. The standard InChI is InChI=1S/C14H15N3O2S/c1-8-3-5-10(6-4-8)12(15)13(19)17-14-16-11(7-20-14)9(2)18/h3-7,12H,15H2,1-2H3,(H,16,17,19). The highest BCUT2D eigenvalue weighted by Gasteiger charge is 2.17. The summed E-state index contributed by atoms with van der Waals surface area (Å²) in [7, 11) is 0. The summed E-state index contributed by atoms with van der Waals surface area (Å²) >= 11 is 1.20. The molecular formula is C14H15N3O2S. The molecule has 6 heteroatoms. The van der Waals surface area contributed by atoms with Crippen LogP contribution in [0.15, 0.2) is 29.6 Å². The van der Waals surface area contributed by atoms with Gasteiger partial charge in [0.25, 0.3) is 0 Å². The van der Waals surface area contributed by atoms with Gasteiger partial charge in [-0.1, -0.05) is 29.8 Å². The summed E-state index contributed by atoms with van der Waals surface area (Å²) in [6, 6.07) is 6.69. The Morgan fingerprint density at radius 3 is 2.50 bits per heavy atom. The maximum Gasteiger partial charge on any atom is 0.247 e. The summed E-state index contributed by atoms with van der Waals surface area (Å²) in [6.07, 6.45) is 0. The van der Waals surface area contributed by atoms with E-state index in [2.05, 4.69) is 10.3 Å². The summed E-state index contributed by atoms with van der Waals surface area (Å²) in [6.45, 7) is 3.40. The average molecular weight is 289 g/mol. The zero-order chi connectivity index (χ0) is 14.7. The molecule has 0 radical (unpaired) electrons. The Bertz CT molecular complexity index is 634. The van der Waals surface area contributed by atoms with E-state index in [1.807, 2.05) is 31.2 Å². The van der Waals surface area contributed by atoms with E-state index in [1.54, 1.807) is 5.38 Å². The van der Waals surface area contributed by atoms with Crippen molar-refractivity contribution >= 4 is 28.2 Å². The van der Waals surface area contributed by atoms with Crippen LogP contribution in [0.4, 0.5) is 5.13 Å². The van der Waals surface area contributed by atoms with Crippen molar-refractivity contribution in [2.75, 3.05) is 5.32 Å². The number of nitrogens with zero attached hydrogens (tertiary/aromatic N) is 1. The number of carbonyl (C=O) groups is 2. The predicted octanol–water partition coefficient (Wildman–Crippen LogP) is 2.29. The van der Waals surface area contributed by atoms with E-state index in [4.69, 9.17) is 5.73 Å². The molecule has 20 heavy (non-hydrogen) atoms. The molecule has 1 unspecified atom stereocenters. The molecule has 1 atom stereocenters. The van der Waals surface area contributed by atoms with Crippen molar-refractivity contribution < 1.29 is 9.59 Å². The van der Waals surface area contributed by atoms with Gasteiger partial charge in [0.1, 0.15) is 11.7 Å². The molecule has 5 nitrogen and oxygen atoms in total. The molecular weight excluding hydrogens is 274 g/mol. The molecule has 1 aromatic carbocycles. The van der Waals surface area contributed by atoms with Crippen LogP contribution in [0.1, 0.15) is 34.6 Å². The SMILES string of the molecule is CC(=O)c1csc(NC(=O)C(N)c2ccc(C)cc2)n1. The van der Waals surface area contributed by atoms with Gasteiger partial charge < -0.3 is 11.1 Å². The summed E-state index contributed by atoms with van der Waals surface area (Å²) in [5.41, 5.74) is 8.08. The number of carbonyl (C=O) groups excluding carboxylic acids is 2. The van der Waals surface area contributed by atoms with Crippen LogP contribution in [0.3, 0.4) is 0 Å². The van der Waals surface area contributed by atoms with Gasteiger partial charge in [-0.2, -0.15) is 0 Å². The number of hydrogen-bond donors (Lipinski definition) is 2. The Morgan fingerprint density at radius 1 is 1.30 bits per heavy atom. The van der Waals surface area contributed by atoms with Crippen molar-refractivity contribution in [3.8, 4) is 0 Å². The average Bonchev–Trinajstić information content (AvgIpc) is 2.87. The maximum absolute atomic E-state index is 12.0. The van der Waals surface area contributed by atoms with Crippen LogP contribution in [0, 0.1) is 6.92 Å². The summed E-state index contributed by atoms with van der Waals surface area (Å²) in [5, 5.41) is 4.61. The van der Waals surface area contributed by atoms with Gasteiger partial charge in [-0.25, -0.2) is 4.98 Å². The van der Waals surface area contributed by atoms with Crippen LogP contribution in [0.5, 0.6) is 0 Å². The monoisotopic (exact) mass is 289 g/mol. The smallest absolute Gasteiger partial charge is 0.247 e. The van der Waals surface area contributed by atoms with Gasteiger partial charge in [0, 0.05) is 12.3 Å². The van der Waals surface area contributed by atoms with E-state index >= 15 is 0 Å². The number of anilines is 1. The molecule has 0 aliphatic heterocycles. The third-order valence-corrected chi connectivity index (χ3v) is 3.57. The van der Waals surface area contributed by atoms with Gasteiger partial charge in [0.15, 0.2) is 10.9 Å². The van der Waals surface area contributed by atoms with Crippen LogP contribution < -0.4 is 11.1 Å². The number of ketones is 1. The minimum absolute atomic E-state index is 0.135. The second-order valence-electron chi connectivity index (χ2n) is 4.47. The van der Waals surface area contributed by atoms with Gasteiger partial charge in [-0.15, -0.1) is 11.3 Å². The van der Waals surface area contributed by atoms with Crippen LogP contribution >= 0.6 is 11.3 Å². The molecule has 0 fully saturated rings. The molecule has 0 saturated carbocycles. The van der Waals surface area contributed by atoms with E-state index in [0.29, 0.717) is 10.8 Å². The highest BCUT2D eigenvalue weighted by atomic mass is 32.1. The third-order valence-electron chi connectivity index (χ3n) is 2.81. The highest BCUT2D eigenvalue weighted by Crippen LogP contribution is 2.18. The van der Waals surface area contributed by atoms with Gasteiger partial charge in [-0.3, -0.25) is 9.59 Å². The summed E-state index contributed by atoms with van der Waals surface area (Å²) < 4.78 is 0. The molecule has 2 rings (SSSR count). The number of nitrogens with two attached hydrogens (primary N) is 1.